The number of methoxy groups -OCH3 is 1. The van der Waals surface area contributed by atoms with Crippen LogP contribution in [0.4, 0.5) is 5.69 Å². The van der Waals surface area contributed by atoms with Gasteiger partial charge in [-0.1, -0.05) is 17.7 Å². The number of hydrogen-bond donors (Lipinski definition) is 1. The van der Waals surface area contributed by atoms with E-state index in [0.29, 0.717) is 6.04 Å². The Morgan fingerprint density at radius 1 is 1.40 bits per heavy atom. The molecule has 1 aromatic rings. The summed E-state index contributed by atoms with van der Waals surface area (Å²) in [5.74, 6) is 0. The van der Waals surface area contributed by atoms with Gasteiger partial charge in [-0.15, -0.1) is 0 Å². The highest BCUT2D eigenvalue weighted by molar-refractivity contribution is 6.31. The Labute approximate surface area is 127 Å². The average Bonchev–Trinajstić information content (AvgIpc) is 2.45. The lowest BCUT2D eigenvalue weighted by atomic mass is 10.0. The number of halogens is 1. The lowest BCUT2D eigenvalue weighted by Crippen LogP contribution is -2.38. The van der Waals surface area contributed by atoms with Crippen LogP contribution in [0.2, 0.25) is 5.02 Å². The molecule has 1 unspecified atom stereocenters. The lowest BCUT2D eigenvalue weighted by Gasteiger charge is -2.37. The summed E-state index contributed by atoms with van der Waals surface area (Å²) in [6.07, 6.45) is 3.87. The highest BCUT2D eigenvalue weighted by atomic mass is 35.5. The first kappa shape index (κ1) is 15.6. The number of benzene rings is 1. The van der Waals surface area contributed by atoms with Crippen molar-refractivity contribution in [2.75, 3.05) is 31.7 Å². The van der Waals surface area contributed by atoms with Gasteiger partial charge in [-0.05, 0) is 38.3 Å². The molecule has 0 bridgehead atoms. The van der Waals surface area contributed by atoms with E-state index in [1.54, 1.807) is 7.11 Å². The van der Waals surface area contributed by atoms with Crippen LogP contribution in [0.15, 0.2) is 18.2 Å². The first-order valence-electron chi connectivity index (χ1n) is 7.47. The number of nitrogens with zero attached hydrogens (tertiary/aromatic N) is 1. The monoisotopic (exact) mass is 296 g/mol. The molecule has 1 fully saturated rings. The van der Waals surface area contributed by atoms with Crippen LogP contribution < -0.4 is 10.2 Å². The number of piperidine rings is 1. The van der Waals surface area contributed by atoms with Gasteiger partial charge in [0, 0.05) is 49.1 Å². The zero-order valence-electron chi connectivity index (χ0n) is 12.5. The molecule has 1 saturated heterocycles. The van der Waals surface area contributed by atoms with Crippen molar-refractivity contribution in [3.8, 4) is 0 Å². The molecule has 20 heavy (non-hydrogen) atoms. The fourth-order valence-electron chi connectivity index (χ4n) is 2.83. The maximum atomic E-state index is 6.41. The third-order valence-corrected chi connectivity index (χ3v) is 4.35. The van der Waals surface area contributed by atoms with Crippen molar-refractivity contribution < 1.29 is 4.74 Å². The average molecular weight is 297 g/mol. The summed E-state index contributed by atoms with van der Waals surface area (Å²) in [5, 5.41) is 4.25. The minimum Gasteiger partial charge on any atom is -0.383 e. The summed E-state index contributed by atoms with van der Waals surface area (Å²) >= 11 is 6.41. The van der Waals surface area contributed by atoms with Crippen LogP contribution in [0.25, 0.3) is 0 Å². The van der Waals surface area contributed by atoms with Gasteiger partial charge in [0.1, 0.15) is 0 Å². The molecule has 0 spiro atoms. The number of anilines is 1. The summed E-state index contributed by atoms with van der Waals surface area (Å²) in [7, 11) is 1.72. The molecule has 2 rings (SSSR count). The first-order chi connectivity index (χ1) is 9.74. The van der Waals surface area contributed by atoms with Crippen LogP contribution in [0.5, 0.6) is 0 Å². The van der Waals surface area contributed by atoms with Crippen LogP contribution in [-0.4, -0.2) is 32.8 Å². The molecule has 1 aromatic carbocycles. The number of ether oxygens (including phenoxy) is 1. The molecule has 1 N–H and O–H groups in total. The predicted octanol–water partition coefficient (Wildman–Crippen LogP) is 3.45. The molecule has 1 atom stereocenters. The Morgan fingerprint density at radius 3 is 3.00 bits per heavy atom. The lowest BCUT2D eigenvalue weighted by molar-refractivity contribution is 0.199. The van der Waals surface area contributed by atoms with Gasteiger partial charge in [-0.3, -0.25) is 0 Å². The van der Waals surface area contributed by atoms with Gasteiger partial charge in [0.2, 0.25) is 0 Å². The largest absolute Gasteiger partial charge is 0.383 e. The topological polar surface area (TPSA) is 24.5 Å². The van der Waals surface area contributed by atoms with Crippen LogP contribution in [-0.2, 0) is 11.3 Å². The molecule has 0 aliphatic carbocycles. The zero-order chi connectivity index (χ0) is 14.4. The highest BCUT2D eigenvalue weighted by Crippen LogP contribution is 2.31. The Kier molecular flexibility index (Phi) is 6.14. The Morgan fingerprint density at radius 2 is 2.25 bits per heavy atom. The third-order valence-electron chi connectivity index (χ3n) is 3.99. The maximum absolute atomic E-state index is 6.41. The minimum atomic E-state index is 0.597. The van der Waals surface area contributed by atoms with E-state index in [0.717, 1.165) is 31.3 Å². The normalized spacial score (nSPS) is 19.4. The van der Waals surface area contributed by atoms with Crippen molar-refractivity contribution in [3.63, 3.8) is 0 Å². The Hall–Kier alpha value is -0.770. The molecule has 3 nitrogen and oxygen atoms in total. The van der Waals surface area contributed by atoms with Gasteiger partial charge in [0.05, 0.1) is 6.61 Å². The first-order valence-corrected chi connectivity index (χ1v) is 7.85. The molecular formula is C16H25ClN2O. The molecule has 0 radical (unpaired) electrons. The fourth-order valence-corrected chi connectivity index (χ4v) is 3.07. The van der Waals surface area contributed by atoms with Crippen molar-refractivity contribution in [3.05, 3.63) is 28.8 Å². The molecule has 0 amide bonds. The van der Waals surface area contributed by atoms with E-state index in [9.17, 15) is 0 Å². The molecule has 1 heterocycles. The van der Waals surface area contributed by atoms with Gasteiger partial charge in [-0.2, -0.15) is 0 Å². The van der Waals surface area contributed by atoms with Gasteiger partial charge >= 0.3 is 0 Å². The maximum Gasteiger partial charge on any atom is 0.0587 e. The van der Waals surface area contributed by atoms with Crippen LogP contribution >= 0.6 is 11.6 Å². The van der Waals surface area contributed by atoms with E-state index in [4.69, 9.17) is 16.3 Å². The van der Waals surface area contributed by atoms with E-state index in [1.165, 1.54) is 30.5 Å². The highest BCUT2D eigenvalue weighted by Gasteiger charge is 2.21. The van der Waals surface area contributed by atoms with Crippen molar-refractivity contribution in [2.45, 2.75) is 38.8 Å². The molecule has 0 aromatic heterocycles. The van der Waals surface area contributed by atoms with E-state index < -0.39 is 0 Å². The quantitative estimate of drug-likeness (QED) is 0.814. The summed E-state index contributed by atoms with van der Waals surface area (Å²) in [4.78, 5) is 2.50. The second-order valence-electron chi connectivity index (χ2n) is 5.45. The second-order valence-corrected chi connectivity index (χ2v) is 5.85. The van der Waals surface area contributed by atoms with Crippen molar-refractivity contribution in [1.29, 1.82) is 0 Å². The molecule has 1 aliphatic heterocycles. The van der Waals surface area contributed by atoms with Crippen LogP contribution in [0.1, 0.15) is 31.7 Å². The number of hydrogen-bond acceptors (Lipinski definition) is 3. The smallest absolute Gasteiger partial charge is 0.0587 e. The van der Waals surface area contributed by atoms with E-state index in [-0.39, 0.29) is 0 Å². The van der Waals surface area contributed by atoms with E-state index in [2.05, 4.69) is 29.3 Å². The van der Waals surface area contributed by atoms with Crippen molar-refractivity contribution in [1.82, 2.24) is 5.32 Å². The standard InChI is InChI=1S/C16H25ClN2O/c1-13-6-3-4-10-19(13)16-8-5-7-15(17)14(16)12-18-9-11-20-2/h5,7-8,13,18H,3-4,6,9-12H2,1-2H3. The molecule has 4 heteroatoms. The fraction of sp³-hybridized carbons (Fsp3) is 0.625. The van der Waals surface area contributed by atoms with Crippen molar-refractivity contribution >= 4 is 17.3 Å². The molecule has 0 saturated carbocycles. The van der Waals surface area contributed by atoms with E-state index >= 15 is 0 Å². The van der Waals surface area contributed by atoms with E-state index in [1.807, 2.05) is 6.07 Å². The number of nitrogens with one attached hydrogen (secondary N) is 1. The second kappa shape index (κ2) is 7.87. The molecule has 1 aliphatic rings. The summed E-state index contributed by atoms with van der Waals surface area (Å²) in [6, 6.07) is 6.83. The zero-order valence-corrected chi connectivity index (χ0v) is 13.2. The number of rotatable bonds is 6. The summed E-state index contributed by atoms with van der Waals surface area (Å²) in [5.41, 5.74) is 2.49. The van der Waals surface area contributed by atoms with Gasteiger partial charge in [0.15, 0.2) is 0 Å². The molecule has 112 valence electrons. The Bertz CT molecular complexity index is 425. The molecular weight excluding hydrogens is 272 g/mol. The third kappa shape index (κ3) is 3.87. The summed E-state index contributed by atoms with van der Waals surface area (Å²) in [6.45, 7) is 5.80. The minimum absolute atomic E-state index is 0.597. The van der Waals surface area contributed by atoms with Crippen LogP contribution in [0.3, 0.4) is 0 Å². The van der Waals surface area contributed by atoms with Gasteiger partial charge in [0.25, 0.3) is 0 Å². The van der Waals surface area contributed by atoms with Crippen LogP contribution in [0, 0.1) is 0 Å². The summed E-state index contributed by atoms with van der Waals surface area (Å²) < 4.78 is 5.07. The SMILES string of the molecule is COCCNCc1c(Cl)cccc1N1CCCCC1C. The Balaban J connectivity index is 2.12. The van der Waals surface area contributed by atoms with Crippen molar-refractivity contribution in [2.24, 2.45) is 0 Å². The van der Waals surface area contributed by atoms with Gasteiger partial charge < -0.3 is 15.0 Å². The predicted molar refractivity (Wildman–Crippen MR) is 85.7 cm³/mol. The van der Waals surface area contributed by atoms with Gasteiger partial charge in [-0.25, -0.2) is 0 Å².